The number of nitrogens with zero attached hydrogens (tertiary/aromatic N) is 1. The zero-order valence-electron chi connectivity index (χ0n) is 12.0. The van der Waals surface area contributed by atoms with Gasteiger partial charge < -0.3 is 10.2 Å². The Hall–Kier alpha value is -1.09. The second-order valence-electron chi connectivity index (χ2n) is 5.55. The highest BCUT2D eigenvalue weighted by Gasteiger charge is 2.26. The van der Waals surface area contributed by atoms with Gasteiger partial charge in [0, 0.05) is 24.8 Å². The second kappa shape index (κ2) is 6.90. The summed E-state index contributed by atoms with van der Waals surface area (Å²) in [5.74, 6) is 0.556. The van der Waals surface area contributed by atoms with E-state index in [0.29, 0.717) is 12.0 Å². The third kappa shape index (κ3) is 3.93. The summed E-state index contributed by atoms with van der Waals surface area (Å²) >= 11 is 0. The summed E-state index contributed by atoms with van der Waals surface area (Å²) in [5, 5.41) is 3.61. The standard InChI is InChI=1S/C16H25FN2/c1-3-8-18-15-9-13(4-2)11-19(12-15)16-7-5-6-14(17)10-16/h5-7,10,13,15,18H,3-4,8-9,11-12H2,1-2H3. The van der Waals surface area contributed by atoms with Gasteiger partial charge in [-0.2, -0.15) is 0 Å². The van der Waals surface area contributed by atoms with Crippen molar-refractivity contribution in [2.75, 3.05) is 24.5 Å². The maximum absolute atomic E-state index is 13.4. The van der Waals surface area contributed by atoms with Crippen LogP contribution in [-0.2, 0) is 0 Å². The lowest BCUT2D eigenvalue weighted by Crippen LogP contribution is -2.49. The third-order valence-electron chi connectivity index (χ3n) is 3.97. The smallest absolute Gasteiger partial charge is 0.125 e. The molecule has 1 aliphatic rings. The predicted molar refractivity (Wildman–Crippen MR) is 79.1 cm³/mol. The van der Waals surface area contributed by atoms with Gasteiger partial charge >= 0.3 is 0 Å². The van der Waals surface area contributed by atoms with E-state index >= 15 is 0 Å². The first-order chi connectivity index (χ1) is 9.22. The highest BCUT2D eigenvalue weighted by molar-refractivity contribution is 5.47. The molecule has 1 aliphatic heterocycles. The van der Waals surface area contributed by atoms with E-state index in [1.807, 2.05) is 6.07 Å². The van der Waals surface area contributed by atoms with Crippen molar-refractivity contribution < 1.29 is 4.39 Å². The van der Waals surface area contributed by atoms with Crippen LogP contribution in [0, 0.1) is 11.7 Å². The molecule has 2 unspecified atom stereocenters. The monoisotopic (exact) mass is 264 g/mol. The van der Waals surface area contributed by atoms with Crippen molar-refractivity contribution in [1.29, 1.82) is 0 Å². The average molecular weight is 264 g/mol. The summed E-state index contributed by atoms with van der Waals surface area (Å²) in [6.07, 6.45) is 3.59. The summed E-state index contributed by atoms with van der Waals surface area (Å²) in [7, 11) is 0. The summed E-state index contributed by atoms with van der Waals surface area (Å²) in [4.78, 5) is 2.33. The van der Waals surface area contributed by atoms with E-state index in [4.69, 9.17) is 0 Å². The van der Waals surface area contributed by atoms with Crippen molar-refractivity contribution in [1.82, 2.24) is 5.32 Å². The van der Waals surface area contributed by atoms with E-state index < -0.39 is 0 Å². The van der Waals surface area contributed by atoms with Crippen molar-refractivity contribution in [2.24, 2.45) is 5.92 Å². The molecule has 1 aromatic carbocycles. The van der Waals surface area contributed by atoms with Gasteiger partial charge in [-0.25, -0.2) is 4.39 Å². The second-order valence-corrected chi connectivity index (χ2v) is 5.55. The SMILES string of the molecule is CCCNC1CC(CC)CN(c2cccc(F)c2)C1. The zero-order valence-corrected chi connectivity index (χ0v) is 12.0. The van der Waals surface area contributed by atoms with Crippen LogP contribution in [0.1, 0.15) is 33.1 Å². The Labute approximate surface area is 116 Å². The molecule has 0 aromatic heterocycles. The Bertz CT molecular complexity index is 394. The number of halogens is 1. The van der Waals surface area contributed by atoms with Gasteiger partial charge in [0.25, 0.3) is 0 Å². The van der Waals surface area contributed by atoms with Crippen molar-refractivity contribution >= 4 is 5.69 Å². The van der Waals surface area contributed by atoms with E-state index in [2.05, 4.69) is 24.1 Å². The molecule has 3 heteroatoms. The molecule has 1 heterocycles. The molecule has 19 heavy (non-hydrogen) atoms. The molecule has 106 valence electrons. The van der Waals surface area contributed by atoms with Crippen LogP contribution < -0.4 is 10.2 Å². The Morgan fingerprint density at radius 2 is 2.16 bits per heavy atom. The summed E-state index contributed by atoms with van der Waals surface area (Å²) < 4.78 is 13.4. The fourth-order valence-electron chi connectivity index (χ4n) is 2.88. The molecule has 0 amide bonds. The quantitative estimate of drug-likeness (QED) is 0.876. The van der Waals surface area contributed by atoms with Crippen LogP contribution in [0.15, 0.2) is 24.3 Å². The van der Waals surface area contributed by atoms with E-state index in [9.17, 15) is 4.39 Å². The van der Waals surface area contributed by atoms with Crippen molar-refractivity contribution in [3.63, 3.8) is 0 Å². The van der Waals surface area contributed by atoms with E-state index in [0.717, 1.165) is 31.7 Å². The summed E-state index contributed by atoms with van der Waals surface area (Å²) in [6.45, 7) is 7.54. The molecule has 1 aromatic rings. The minimum Gasteiger partial charge on any atom is -0.370 e. The lowest BCUT2D eigenvalue weighted by Gasteiger charge is -2.39. The summed E-state index contributed by atoms with van der Waals surface area (Å²) in [5.41, 5.74) is 1.02. The molecule has 1 saturated heterocycles. The van der Waals surface area contributed by atoms with Crippen molar-refractivity contribution in [3.05, 3.63) is 30.1 Å². The minimum absolute atomic E-state index is 0.144. The fourth-order valence-corrected chi connectivity index (χ4v) is 2.88. The Morgan fingerprint density at radius 3 is 2.84 bits per heavy atom. The number of hydrogen-bond donors (Lipinski definition) is 1. The van der Waals surface area contributed by atoms with Crippen LogP contribution in [-0.4, -0.2) is 25.7 Å². The number of rotatable bonds is 5. The number of benzene rings is 1. The van der Waals surface area contributed by atoms with Gasteiger partial charge in [0.05, 0.1) is 0 Å². The van der Waals surface area contributed by atoms with Crippen LogP contribution in [0.4, 0.5) is 10.1 Å². The Morgan fingerprint density at radius 1 is 1.32 bits per heavy atom. The molecule has 2 atom stereocenters. The molecule has 1 fully saturated rings. The first kappa shape index (κ1) is 14.3. The molecular weight excluding hydrogens is 239 g/mol. The number of anilines is 1. The van der Waals surface area contributed by atoms with E-state index in [1.165, 1.54) is 18.9 Å². The zero-order chi connectivity index (χ0) is 13.7. The molecule has 0 bridgehead atoms. The van der Waals surface area contributed by atoms with E-state index in [-0.39, 0.29) is 5.82 Å². The molecule has 2 rings (SSSR count). The predicted octanol–water partition coefficient (Wildman–Crippen LogP) is 3.43. The number of piperidine rings is 1. The van der Waals surface area contributed by atoms with Crippen molar-refractivity contribution in [3.8, 4) is 0 Å². The Balaban J connectivity index is 2.06. The van der Waals surface area contributed by atoms with Crippen LogP contribution >= 0.6 is 0 Å². The molecular formula is C16H25FN2. The lowest BCUT2D eigenvalue weighted by atomic mass is 9.91. The van der Waals surface area contributed by atoms with Crippen molar-refractivity contribution in [2.45, 2.75) is 39.2 Å². The highest BCUT2D eigenvalue weighted by atomic mass is 19.1. The minimum atomic E-state index is -0.144. The Kier molecular flexibility index (Phi) is 5.20. The maximum Gasteiger partial charge on any atom is 0.125 e. The fraction of sp³-hybridized carbons (Fsp3) is 0.625. The molecule has 1 N–H and O–H groups in total. The van der Waals surface area contributed by atoms with Crippen LogP contribution in [0.2, 0.25) is 0 Å². The average Bonchev–Trinajstić information content (AvgIpc) is 2.44. The van der Waals surface area contributed by atoms with Gasteiger partial charge in [0.15, 0.2) is 0 Å². The summed E-state index contributed by atoms with van der Waals surface area (Å²) in [6, 6.07) is 7.50. The molecule has 0 radical (unpaired) electrons. The highest BCUT2D eigenvalue weighted by Crippen LogP contribution is 2.25. The first-order valence-electron chi connectivity index (χ1n) is 7.46. The maximum atomic E-state index is 13.4. The van der Waals surface area contributed by atoms with Crippen LogP contribution in [0.5, 0.6) is 0 Å². The molecule has 0 saturated carbocycles. The van der Waals surface area contributed by atoms with Crippen LogP contribution in [0.25, 0.3) is 0 Å². The largest absolute Gasteiger partial charge is 0.370 e. The molecule has 0 spiro atoms. The van der Waals surface area contributed by atoms with Gasteiger partial charge in [-0.05, 0) is 43.5 Å². The number of hydrogen-bond acceptors (Lipinski definition) is 2. The topological polar surface area (TPSA) is 15.3 Å². The third-order valence-corrected chi connectivity index (χ3v) is 3.97. The van der Waals surface area contributed by atoms with Gasteiger partial charge in [0.1, 0.15) is 5.82 Å². The van der Waals surface area contributed by atoms with Gasteiger partial charge in [0.2, 0.25) is 0 Å². The molecule has 2 nitrogen and oxygen atoms in total. The van der Waals surface area contributed by atoms with E-state index in [1.54, 1.807) is 12.1 Å². The van der Waals surface area contributed by atoms with Crippen LogP contribution in [0.3, 0.4) is 0 Å². The molecule has 0 aliphatic carbocycles. The number of nitrogens with one attached hydrogen (secondary N) is 1. The van der Waals surface area contributed by atoms with Gasteiger partial charge in [-0.15, -0.1) is 0 Å². The normalized spacial score (nSPS) is 23.6. The van der Waals surface area contributed by atoms with Gasteiger partial charge in [-0.1, -0.05) is 26.3 Å². The lowest BCUT2D eigenvalue weighted by molar-refractivity contribution is 0.327. The first-order valence-corrected chi connectivity index (χ1v) is 7.46. The van der Waals surface area contributed by atoms with Gasteiger partial charge in [-0.3, -0.25) is 0 Å².